The molecule has 3 heteroatoms. The van der Waals surface area contributed by atoms with Crippen LogP contribution in [0.2, 0.25) is 0 Å². The summed E-state index contributed by atoms with van der Waals surface area (Å²) in [6.45, 7) is 1.98. The van der Waals surface area contributed by atoms with Crippen LogP contribution in [-0.2, 0) is 4.79 Å². The van der Waals surface area contributed by atoms with Crippen LogP contribution in [0.25, 0.3) is 0 Å². The fourth-order valence-electron chi connectivity index (χ4n) is 1.27. The molecule has 1 N–H and O–H groups in total. The number of nitriles is 1. The molecule has 3 nitrogen and oxygen atoms in total. The Balaban J connectivity index is 2.42. The average molecular weight is 202 g/mol. The Morgan fingerprint density at radius 2 is 2.33 bits per heavy atom. The quantitative estimate of drug-likeness (QED) is 0.763. The predicted octanol–water partition coefficient (Wildman–Crippen LogP) is 2.63. The van der Waals surface area contributed by atoms with E-state index in [-0.39, 0.29) is 5.91 Å². The van der Waals surface area contributed by atoms with E-state index in [4.69, 9.17) is 5.26 Å². The first-order valence-corrected chi connectivity index (χ1v) is 4.96. The highest BCUT2D eigenvalue weighted by Gasteiger charge is 2.01. The van der Waals surface area contributed by atoms with Gasteiger partial charge in [0.2, 0.25) is 5.91 Å². The Bertz CT molecular complexity index is 379. The van der Waals surface area contributed by atoms with Crippen molar-refractivity contribution in [1.29, 1.82) is 5.26 Å². The zero-order valence-electron chi connectivity index (χ0n) is 8.79. The summed E-state index contributed by atoms with van der Waals surface area (Å²) >= 11 is 0. The summed E-state index contributed by atoms with van der Waals surface area (Å²) in [6.07, 6.45) is 1.46. The number of hydrogen-bond donors (Lipinski definition) is 1. The third-order valence-electron chi connectivity index (χ3n) is 1.99. The highest BCUT2D eigenvalue weighted by molar-refractivity contribution is 5.90. The molecule has 0 radical (unpaired) electrons. The van der Waals surface area contributed by atoms with Crippen LogP contribution >= 0.6 is 0 Å². The molecule has 0 saturated carbocycles. The predicted molar refractivity (Wildman–Crippen MR) is 59.3 cm³/mol. The molecule has 1 amide bonds. The van der Waals surface area contributed by atoms with Gasteiger partial charge < -0.3 is 5.32 Å². The number of carbonyl (C=O) groups is 1. The minimum atomic E-state index is -0.0316. The van der Waals surface area contributed by atoms with Gasteiger partial charge in [-0.15, -0.1) is 0 Å². The molecule has 78 valence electrons. The number of aryl methyl sites for hydroxylation is 1. The van der Waals surface area contributed by atoms with Gasteiger partial charge in [-0.1, -0.05) is 12.1 Å². The van der Waals surface area contributed by atoms with Crippen LogP contribution in [0.5, 0.6) is 0 Å². The molecular formula is C12H14N2O. The van der Waals surface area contributed by atoms with Gasteiger partial charge in [-0.3, -0.25) is 4.79 Å². The number of benzene rings is 1. The van der Waals surface area contributed by atoms with Crippen LogP contribution in [0.1, 0.15) is 24.8 Å². The van der Waals surface area contributed by atoms with E-state index < -0.39 is 0 Å². The maximum atomic E-state index is 11.4. The van der Waals surface area contributed by atoms with Crippen LogP contribution in [0.4, 0.5) is 5.69 Å². The highest BCUT2D eigenvalue weighted by Crippen LogP contribution is 2.10. The van der Waals surface area contributed by atoms with Crippen molar-refractivity contribution in [3.05, 3.63) is 29.8 Å². The van der Waals surface area contributed by atoms with Crippen molar-refractivity contribution in [2.24, 2.45) is 0 Å². The Morgan fingerprint density at radius 1 is 1.53 bits per heavy atom. The van der Waals surface area contributed by atoms with Crippen molar-refractivity contribution in [3.8, 4) is 6.07 Å². The molecule has 0 aliphatic rings. The first kappa shape index (κ1) is 11.3. The molecule has 0 aromatic heterocycles. The summed E-state index contributed by atoms with van der Waals surface area (Å²) in [6, 6.07) is 9.67. The average Bonchev–Trinajstić information content (AvgIpc) is 2.18. The Labute approximate surface area is 89.7 Å². The summed E-state index contributed by atoms with van der Waals surface area (Å²) in [4.78, 5) is 11.4. The monoisotopic (exact) mass is 202 g/mol. The smallest absolute Gasteiger partial charge is 0.224 e. The number of anilines is 1. The second-order valence-electron chi connectivity index (χ2n) is 3.43. The normalized spacial score (nSPS) is 9.33. The molecule has 0 spiro atoms. The molecule has 1 aromatic rings. The molecule has 1 aromatic carbocycles. The molecule has 0 aliphatic carbocycles. The molecular weight excluding hydrogens is 188 g/mol. The SMILES string of the molecule is Cc1cccc(NC(=O)CCCC#N)c1. The molecule has 0 heterocycles. The van der Waals surface area contributed by atoms with Crippen molar-refractivity contribution >= 4 is 11.6 Å². The Hall–Kier alpha value is -1.82. The maximum Gasteiger partial charge on any atom is 0.224 e. The van der Waals surface area contributed by atoms with Crippen molar-refractivity contribution in [3.63, 3.8) is 0 Å². The fourth-order valence-corrected chi connectivity index (χ4v) is 1.27. The number of amides is 1. The summed E-state index contributed by atoms with van der Waals surface area (Å²) < 4.78 is 0. The fraction of sp³-hybridized carbons (Fsp3) is 0.333. The Kier molecular flexibility index (Phi) is 4.36. The third-order valence-corrected chi connectivity index (χ3v) is 1.99. The topological polar surface area (TPSA) is 52.9 Å². The van der Waals surface area contributed by atoms with E-state index in [2.05, 4.69) is 5.32 Å². The van der Waals surface area contributed by atoms with E-state index in [1.165, 1.54) is 0 Å². The van der Waals surface area contributed by atoms with Crippen molar-refractivity contribution < 1.29 is 4.79 Å². The molecule has 0 bridgehead atoms. The minimum absolute atomic E-state index is 0.0316. The number of carbonyl (C=O) groups excluding carboxylic acids is 1. The summed E-state index contributed by atoms with van der Waals surface area (Å²) in [5.74, 6) is -0.0316. The lowest BCUT2D eigenvalue weighted by atomic mass is 10.2. The number of nitrogens with one attached hydrogen (secondary N) is 1. The zero-order valence-corrected chi connectivity index (χ0v) is 8.79. The van der Waals surface area contributed by atoms with E-state index in [9.17, 15) is 4.79 Å². The number of nitrogens with zero attached hydrogens (tertiary/aromatic N) is 1. The Morgan fingerprint density at radius 3 is 3.00 bits per heavy atom. The van der Waals surface area contributed by atoms with Gasteiger partial charge in [0.15, 0.2) is 0 Å². The van der Waals surface area contributed by atoms with Crippen molar-refractivity contribution in [1.82, 2.24) is 0 Å². The first-order valence-electron chi connectivity index (χ1n) is 4.96. The lowest BCUT2D eigenvalue weighted by Gasteiger charge is -2.04. The molecule has 0 unspecified atom stereocenters. The number of hydrogen-bond acceptors (Lipinski definition) is 2. The highest BCUT2D eigenvalue weighted by atomic mass is 16.1. The van der Waals surface area contributed by atoms with Crippen LogP contribution in [0.15, 0.2) is 24.3 Å². The summed E-state index contributed by atoms with van der Waals surface area (Å²) in [5, 5.41) is 11.1. The van der Waals surface area contributed by atoms with Crippen LogP contribution in [-0.4, -0.2) is 5.91 Å². The van der Waals surface area contributed by atoms with Gasteiger partial charge in [-0.05, 0) is 31.0 Å². The van der Waals surface area contributed by atoms with E-state index in [1.54, 1.807) is 0 Å². The molecule has 15 heavy (non-hydrogen) atoms. The van der Waals surface area contributed by atoms with E-state index in [0.717, 1.165) is 11.3 Å². The van der Waals surface area contributed by atoms with Gasteiger partial charge >= 0.3 is 0 Å². The molecule has 0 atom stereocenters. The van der Waals surface area contributed by atoms with Crippen LogP contribution < -0.4 is 5.32 Å². The number of rotatable bonds is 4. The lowest BCUT2D eigenvalue weighted by molar-refractivity contribution is -0.116. The molecule has 0 fully saturated rings. The first-order chi connectivity index (χ1) is 7.22. The van der Waals surface area contributed by atoms with E-state index in [1.807, 2.05) is 37.3 Å². The molecule has 1 rings (SSSR count). The maximum absolute atomic E-state index is 11.4. The molecule has 0 saturated heterocycles. The lowest BCUT2D eigenvalue weighted by Crippen LogP contribution is -2.10. The van der Waals surface area contributed by atoms with E-state index >= 15 is 0 Å². The molecule has 0 aliphatic heterocycles. The third kappa shape index (κ3) is 4.28. The number of unbranched alkanes of at least 4 members (excludes halogenated alkanes) is 1. The largest absolute Gasteiger partial charge is 0.326 e. The summed E-state index contributed by atoms with van der Waals surface area (Å²) in [7, 11) is 0. The second kappa shape index (κ2) is 5.82. The van der Waals surface area contributed by atoms with Crippen LogP contribution in [0.3, 0.4) is 0 Å². The van der Waals surface area contributed by atoms with Gasteiger partial charge in [0.25, 0.3) is 0 Å². The van der Waals surface area contributed by atoms with Gasteiger partial charge in [-0.25, -0.2) is 0 Å². The van der Waals surface area contributed by atoms with Crippen molar-refractivity contribution in [2.45, 2.75) is 26.2 Å². The van der Waals surface area contributed by atoms with Gasteiger partial charge in [0, 0.05) is 18.5 Å². The minimum Gasteiger partial charge on any atom is -0.326 e. The standard InChI is InChI=1S/C12H14N2O/c1-10-5-4-6-11(9-10)14-12(15)7-2-3-8-13/h4-6,9H,2-3,7H2,1H3,(H,14,15). The van der Waals surface area contributed by atoms with E-state index in [0.29, 0.717) is 19.3 Å². The van der Waals surface area contributed by atoms with Gasteiger partial charge in [0.1, 0.15) is 0 Å². The summed E-state index contributed by atoms with van der Waals surface area (Å²) in [5.41, 5.74) is 1.93. The van der Waals surface area contributed by atoms with Gasteiger partial charge in [-0.2, -0.15) is 5.26 Å². The van der Waals surface area contributed by atoms with Crippen molar-refractivity contribution in [2.75, 3.05) is 5.32 Å². The second-order valence-corrected chi connectivity index (χ2v) is 3.43. The van der Waals surface area contributed by atoms with Gasteiger partial charge in [0.05, 0.1) is 6.07 Å². The zero-order chi connectivity index (χ0) is 11.1. The van der Waals surface area contributed by atoms with Crippen LogP contribution in [0, 0.1) is 18.3 Å².